The molecule has 1 aliphatic rings. The highest BCUT2D eigenvalue weighted by Gasteiger charge is 2.33. The molecular weight excluding hydrogens is 448 g/mol. The molecule has 3 aromatic rings. The molecule has 1 aliphatic heterocycles. The number of hydrogen-bond donors (Lipinski definition) is 1. The van der Waals surface area contributed by atoms with Gasteiger partial charge in [0.25, 0.3) is 0 Å². The van der Waals surface area contributed by atoms with Gasteiger partial charge in [-0.25, -0.2) is 14.4 Å². The molecule has 0 radical (unpaired) electrons. The minimum atomic E-state index is -4.40. The largest absolute Gasteiger partial charge is 0.416 e. The summed E-state index contributed by atoms with van der Waals surface area (Å²) < 4.78 is 54.2. The molecule has 5 nitrogen and oxygen atoms in total. The van der Waals surface area contributed by atoms with Crippen molar-refractivity contribution in [2.75, 3.05) is 11.4 Å². The van der Waals surface area contributed by atoms with E-state index in [9.17, 15) is 18.3 Å². The molecule has 9 heteroatoms. The maximum absolute atomic E-state index is 15.4. The van der Waals surface area contributed by atoms with Gasteiger partial charge < -0.3 is 10.0 Å². The maximum Gasteiger partial charge on any atom is 0.416 e. The van der Waals surface area contributed by atoms with Crippen LogP contribution in [0.25, 0.3) is 0 Å². The zero-order valence-electron chi connectivity index (χ0n) is 19.0. The van der Waals surface area contributed by atoms with Crippen LogP contribution >= 0.6 is 0 Å². The molecule has 2 unspecified atom stereocenters. The minimum absolute atomic E-state index is 0.168. The SMILES string of the molecule is Cc1nc(CCc2ncnc(N3CCCC3c3ccc(C(F)(F)F)cc3)c2F)ccc1C(C)O. The molecule has 0 bridgehead atoms. The normalized spacial score (nSPS) is 17.3. The molecule has 0 spiro atoms. The molecular formula is C25H26F4N4O. The highest BCUT2D eigenvalue weighted by atomic mass is 19.4. The number of alkyl halides is 3. The Morgan fingerprint density at radius 3 is 2.47 bits per heavy atom. The summed E-state index contributed by atoms with van der Waals surface area (Å²) in [5.41, 5.74) is 2.51. The summed E-state index contributed by atoms with van der Waals surface area (Å²) in [6, 6.07) is 8.42. The van der Waals surface area contributed by atoms with E-state index < -0.39 is 23.7 Å². The number of nitrogens with zero attached hydrogens (tertiary/aromatic N) is 4. The predicted molar refractivity (Wildman–Crippen MR) is 120 cm³/mol. The number of aliphatic hydroxyl groups is 1. The fraction of sp³-hybridized carbons (Fsp3) is 0.400. The molecule has 0 aliphatic carbocycles. The van der Waals surface area contributed by atoms with Crippen molar-refractivity contribution < 1.29 is 22.7 Å². The third kappa shape index (κ3) is 5.04. The van der Waals surface area contributed by atoms with Crippen molar-refractivity contribution in [1.82, 2.24) is 15.0 Å². The molecule has 4 rings (SSSR count). The van der Waals surface area contributed by atoms with Gasteiger partial charge in [-0.15, -0.1) is 0 Å². The number of benzene rings is 1. The lowest BCUT2D eigenvalue weighted by molar-refractivity contribution is -0.137. The summed E-state index contributed by atoms with van der Waals surface area (Å²) in [4.78, 5) is 14.6. The zero-order valence-corrected chi connectivity index (χ0v) is 19.0. The second kappa shape index (κ2) is 9.66. The number of aromatic nitrogens is 3. The number of pyridine rings is 1. The molecule has 1 N–H and O–H groups in total. The topological polar surface area (TPSA) is 62.1 Å². The van der Waals surface area contributed by atoms with E-state index in [1.807, 2.05) is 24.0 Å². The maximum atomic E-state index is 15.4. The summed E-state index contributed by atoms with van der Waals surface area (Å²) in [7, 11) is 0. The standard InChI is InChI=1S/C25H26F4N4O/c1-15-20(16(2)34)11-9-19(32-15)10-12-21-23(26)24(31-14-30-21)33-13-3-4-22(33)17-5-7-18(8-6-17)25(27,28)29/h5-9,11,14,16,22,34H,3-4,10,12-13H2,1-2H3. The first-order chi connectivity index (χ1) is 16.1. The molecule has 3 heterocycles. The van der Waals surface area contributed by atoms with E-state index >= 15 is 4.39 Å². The highest BCUT2D eigenvalue weighted by molar-refractivity contribution is 5.46. The van der Waals surface area contributed by atoms with Gasteiger partial charge >= 0.3 is 6.18 Å². The second-order valence-electron chi connectivity index (χ2n) is 8.58. The first-order valence-electron chi connectivity index (χ1n) is 11.2. The second-order valence-corrected chi connectivity index (χ2v) is 8.58. The molecule has 2 aromatic heterocycles. The first kappa shape index (κ1) is 24.1. The molecule has 34 heavy (non-hydrogen) atoms. The molecule has 0 saturated carbocycles. The summed E-state index contributed by atoms with van der Waals surface area (Å²) in [6.45, 7) is 4.06. The Kier molecular flexibility index (Phi) is 6.84. The average Bonchev–Trinajstić information content (AvgIpc) is 3.27. The van der Waals surface area contributed by atoms with Crippen molar-refractivity contribution in [2.45, 2.75) is 57.9 Å². The van der Waals surface area contributed by atoms with Crippen molar-refractivity contribution in [3.8, 4) is 0 Å². The summed E-state index contributed by atoms with van der Waals surface area (Å²) >= 11 is 0. The predicted octanol–water partition coefficient (Wildman–Crippen LogP) is 5.52. The van der Waals surface area contributed by atoms with Crippen LogP contribution in [-0.2, 0) is 19.0 Å². The number of anilines is 1. The lowest BCUT2D eigenvalue weighted by atomic mass is 10.0. The van der Waals surface area contributed by atoms with Gasteiger partial charge in [-0.05, 0) is 63.3 Å². The van der Waals surface area contributed by atoms with Gasteiger partial charge in [0, 0.05) is 23.5 Å². The van der Waals surface area contributed by atoms with Gasteiger partial charge in [-0.1, -0.05) is 18.2 Å². The fourth-order valence-electron chi connectivity index (χ4n) is 4.48. The van der Waals surface area contributed by atoms with Crippen LogP contribution in [0.3, 0.4) is 0 Å². The van der Waals surface area contributed by atoms with Crippen LogP contribution in [0.2, 0.25) is 0 Å². The molecule has 0 amide bonds. The average molecular weight is 475 g/mol. The Morgan fingerprint density at radius 2 is 1.82 bits per heavy atom. The number of hydrogen-bond acceptors (Lipinski definition) is 5. The highest BCUT2D eigenvalue weighted by Crippen LogP contribution is 2.38. The van der Waals surface area contributed by atoms with Crippen molar-refractivity contribution in [2.24, 2.45) is 0 Å². The third-order valence-electron chi connectivity index (χ3n) is 6.24. The lowest BCUT2D eigenvalue weighted by Crippen LogP contribution is -2.25. The number of aliphatic hydroxyl groups excluding tert-OH is 1. The Morgan fingerprint density at radius 1 is 1.09 bits per heavy atom. The first-order valence-corrected chi connectivity index (χ1v) is 11.2. The Labute approximate surface area is 195 Å². The van der Waals surface area contributed by atoms with E-state index in [4.69, 9.17) is 0 Å². The van der Waals surface area contributed by atoms with Gasteiger partial charge in [-0.2, -0.15) is 13.2 Å². The monoisotopic (exact) mass is 474 g/mol. The lowest BCUT2D eigenvalue weighted by Gasteiger charge is -2.27. The molecule has 1 aromatic carbocycles. The van der Waals surface area contributed by atoms with Crippen LogP contribution in [0.1, 0.15) is 65.7 Å². The van der Waals surface area contributed by atoms with Crippen molar-refractivity contribution in [1.29, 1.82) is 0 Å². The molecule has 1 fully saturated rings. The Bertz CT molecular complexity index is 1150. The van der Waals surface area contributed by atoms with Crippen LogP contribution in [0.15, 0.2) is 42.7 Å². The van der Waals surface area contributed by atoms with Gasteiger partial charge in [0.15, 0.2) is 11.6 Å². The van der Waals surface area contributed by atoms with E-state index in [-0.39, 0.29) is 17.6 Å². The summed E-state index contributed by atoms with van der Waals surface area (Å²) in [6.07, 6.45) is -1.42. The fourth-order valence-corrected chi connectivity index (χ4v) is 4.48. The Hall–Kier alpha value is -3.07. The molecule has 1 saturated heterocycles. The van der Waals surface area contributed by atoms with Crippen molar-refractivity contribution in [3.05, 3.63) is 82.3 Å². The number of aryl methyl sites for hydroxylation is 3. The van der Waals surface area contributed by atoms with E-state index in [1.165, 1.54) is 18.5 Å². The van der Waals surface area contributed by atoms with Crippen LogP contribution in [-0.4, -0.2) is 26.6 Å². The third-order valence-corrected chi connectivity index (χ3v) is 6.24. The zero-order chi connectivity index (χ0) is 24.5. The van der Waals surface area contributed by atoms with Gasteiger partial charge in [-0.3, -0.25) is 4.98 Å². The molecule has 180 valence electrons. The van der Waals surface area contributed by atoms with E-state index in [2.05, 4.69) is 15.0 Å². The van der Waals surface area contributed by atoms with Gasteiger partial charge in [0.05, 0.1) is 23.4 Å². The van der Waals surface area contributed by atoms with Crippen LogP contribution in [0.4, 0.5) is 23.4 Å². The summed E-state index contributed by atoms with van der Waals surface area (Å²) in [5, 5.41) is 9.77. The van der Waals surface area contributed by atoms with Crippen molar-refractivity contribution in [3.63, 3.8) is 0 Å². The van der Waals surface area contributed by atoms with E-state index in [0.717, 1.165) is 35.5 Å². The quantitative estimate of drug-likeness (QED) is 0.477. The Balaban J connectivity index is 1.52. The van der Waals surface area contributed by atoms with Crippen LogP contribution in [0, 0.1) is 12.7 Å². The minimum Gasteiger partial charge on any atom is -0.389 e. The van der Waals surface area contributed by atoms with Crippen molar-refractivity contribution >= 4 is 5.82 Å². The smallest absolute Gasteiger partial charge is 0.389 e. The van der Waals surface area contributed by atoms with E-state index in [0.29, 0.717) is 31.4 Å². The van der Waals surface area contributed by atoms with Gasteiger partial charge in [0.2, 0.25) is 0 Å². The van der Waals surface area contributed by atoms with E-state index in [1.54, 1.807) is 6.92 Å². The van der Waals surface area contributed by atoms with Crippen LogP contribution < -0.4 is 4.90 Å². The summed E-state index contributed by atoms with van der Waals surface area (Å²) in [5.74, 6) is -0.348. The van der Waals surface area contributed by atoms with Crippen LogP contribution in [0.5, 0.6) is 0 Å². The number of halogens is 4. The number of rotatable bonds is 6. The van der Waals surface area contributed by atoms with Gasteiger partial charge in [0.1, 0.15) is 6.33 Å². The molecule has 2 atom stereocenters.